The number of aromatic nitrogens is 1. The number of benzene rings is 1. The zero-order valence-electron chi connectivity index (χ0n) is 10.3. The van der Waals surface area contributed by atoms with Crippen LogP contribution < -0.4 is 11.1 Å². The summed E-state index contributed by atoms with van der Waals surface area (Å²) in [7, 11) is 0. The smallest absolute Gasteiger partial charge is 0.337 e. The molecule has 1 atom stereocenters. The number of carboxylic acid groups (broad SMARTS) is 1. The first-order valence-corrected chi connectivity index (χ1v) is 5.67. The van der Waals surface area contributed by atoms with Crippen molar-refractivity contribution in [2.45, 2.75) is 13.0 Å². The molecule has 1 aromatic carbocycles. The molecule has 4 N–H and O–H groups in total. The topological polar surface area (TPSA) is 105 Å². The third kappa shape index (κ3) is 2.47. The third-order valence-corrected chi connectivity index (χ3v) is 2.81. The molecule has 2 aromatic rings. The molecule has 0 radical (unpaired) electrons. The minimum atomic E-state index is -1.04. The average Bonchev–Trinajstić information content (AvgIpc) is 2.38. The SMILES string of the molecule is CC(Nc1ncc(C(=O)O)c2ccccc12)C(N)=O. The molecule has 0 aliphatic carbocycles. The predicted octanol–water partition coefficient (Wildman–Crippen LogP) is 1.22. The molecule has 2 rings (SSSR count). The zero-order chi connectivity index (χ0) is 14.0. The number of fused-ring (bicyclic) bond motifs is 1. The Balaban J connectivity index is 2.55. The maximum absolute atomic E-state index is 11.1. The van der Waals surface area contributed by atoms with Crippen LogP contribution in [-0.4, -0.2) is 28.0 Å². The van der Waals surface area contributed by atoms with Gasteiger partial charge in [-0.2, -0.15) is 0 Å². The lowest BCUT2D eigenvalue weighted by molar-refractivity contribution is -0.118. The fraction of sp³-hybridized carbons (Fsp3) is 0.154. The number of nitrogens with zero attached hydrogens (tertiary/aromatic N) is 1. The number of hydrogen-bond donors (Lipinski definition) is 3. The summed E-state index contributed by atoms with van der Waals surface area (Å²) >= 11 is 0. The van der Waals surface area contributed by atoms with Crippen molar-refractivity contribution >= 4 is 28.5 Å². The van der Waals surface area contributed by atoms with Crippen LogP contribution in [0.3, 0.4) is 0 Å². The van der Waals surface area contributed by atoms with Crippen molar-refractivity contribution in [1.29, 1.82) is 0 Å². The lowest BCUT2D eigenvalue weighted by Crippen LogP contribution is -2.32. The van der Waals surface area contributed by atoms with Crippen LogP contribution in [0.5, 0.6) is 0 Å². The van der Waals surface area contributed by atoms with Gasteiger partial charge in [0, 0.05) is 17.0 Å². The number of rotatable bonds is 4. The van der Waals surface area contributed by atoms with E-state index in [2.05, 4.69) is 10.3 Å². The van der Waals surface area contributed by atoms with Gasteiger partial charge in [0.05, 0.1) is 5.56 Å². The number of carboxylic acids is 1. The van der Waals surface area contributed by atoms with Gasteiger partial charge in [-0.05, 0) is 6.92 Å². The molecular weight excluding hydrogens is 246 g/mol. The van der Waals surface area contributed by atoms with E-state index in [0.29, 0.717) is 16.6 Å². The second-order valence-corrected chi connectivity index (χ2v) is 4.14. The van der Waals surface area contributed by atoms with Gasteiger partial charge < -0.3 is 16.2 Å². The molecule has 0 saturated heterocycles. The third-order valence-electron chi connectivity index (χ3n) is 2.81. The number of amides is 1. The number of aromatic carboxylic acids is 1. The van der Waals surface area contributed by atoms with Crippen LogP contribution >= 0.6 is 0 Å². The van der Waals surface area contributed by atoms with Gasteiger partial charge in [-0.15, -0.1) is 0 Å². The molecule has 0 saturated carbocycles. The molecule has 1 aromatic heterocycles. The van der Waals surface area contributed by atoms with Crippen molar-refractivity contribution in [2.75, 3.05) is 5.32 Å². The molecular formula is C13H13N3O3. The molecule has 1 amide bonds. The van der Waals surface area contributed by atoms with E-state index in [0.717, 1.165) is 0 Å². The number of nitrogens with two attached hydrogens (primary N) is 1. The van der Waals surface area contributed by atoms with E-state index >= 15 is 0 Å². The van der Waals surface area contributed by atoms with Gasteiger partial charge >= 0.3 is 5.97 Å². The quantitative estimate of drug-likeness (QED) is 0.765. The summed E-state index contributed by atoms with van der Waals surface area (Å²) in [5.74, 6) is -1.11. The minimum Gasteiger partial charge on any atom is -0.478 e. The highest BCUT2D eigenvalue weighted by Gasteiger charge is 2.15. The Bertz CT molecular complexity index is 655. The van der Waals surface area contributed by atoms with E-state index in [-0.39, 0.29) is 5.56 Å². The van der Waals surface area contributed by atoms with E-state index in [1.807, 2.05) is 0 Å². The van der Waals surface area contributed by atoms with Crippen molar-refractivity contribution in [3.63, 3.8) is 0 Å². The van der Waals surface area contributed by atoms with Gasteiger partial charge in [0.15, 0.2) is 0 Å². The molecule has 0 spiro atoms. The number of nitrogens with one attached hydrogen (secondary N) is 1. The fourth-order valence-corrected chi connectivity index (χ4v) is 1.75. The Morgan fingerprint density at radius 1 is 1.32 bits per heavy atom. The van der Waals surface area contributed by atoms with Crippen LogP contribution in [0, 0.1) is 0 Å². The summed E-state index contributed by atoms with van der Waals surface area (Å²) in [4.78, 5) is 26.2. The van der Waals surface area contributed by atoms with E-state index in [1.54, 1.807) is 31.2 Å². The number of hydrogen-bond acceptors (Lipinski definition) is 4. The van der Waals surface area contributed by atoms with Crippen LogP contribution in [0.25, 0.3) is 10.8 Å². The van der Waals surface area contributed by atoms with Crippen molar-refractivity contribution in [1.82, 2.24) is 4.98 Å². The van der Waals surface area contributed by atoms with Crippen LogP contribution in [-0.2, 0) is 4.79 Å². The van der Waals surface area contributed by atoms with Crippen LogP contribution in [0.1, 0.15) is 17.3 Å². The van der Waals surface area contributed by atoms with Crippen LogP contribution in [0.15, 0.2) is 30.5 Å². The maximum Gasteiger partial charge on any atom is 0.337 e. The lowest BCUT2D eigenvalue weighted by atomic mass is 10.1. The Morgan fingerprint density at radius 2 is 1.95 bits per heavy atom. The summed E-state index contributed by atoms with van der Waals surface area (Å²) in [5.41, 5.74) is 5.30. The highest BCUT2D eigenvalue weighted by atomic mass is 16.4. The maximum atomic E-state index is 11.1. The standard InChI is InChI=1S/C13H13N3O3/c1-7(11(14)17)16-12-9-5-3-2-4-8(9)10(6-15-12)13(18)19/h2-7H,1H3,(H2,14,17)(H,15,16)(H,18,19). The van der Waals surface area contributed by atoms with Gasteiger partial charge in [0.1, 0.15) is 11.9 Å². The number of primary amides is 1. The Labute approximate surface area is 109 Å². The Hall–Kier alpha value is -2.63. The first-order chi connectivity index (χ1) is 9.00. The molecule has 1 unspecified atom stereocenters. The van der Waals surface area contributed by atoms with Gasteiger partial charge in [-0.3, -0.25) is 4.79 Å². The summed E-state index contributed by atoms with van der Waals surface area (Å²) in [6.07, 6.45) is 1.26. The second-order valence-electron chi connectivity index (χ2n) is 4.14. The first kappa shape index (κ1) is 12.8. The largest absolute Gasteiger partial charge is 0.478 e. The lowest BCUT2D eigenvalue weighted by Gasteiger charge is -2.13. The summed E-state index contributed by atoms with van der Waals surface area (Å²) in [5, 5.41) is 13.2. The second kappa shape index (κ2) is 4.93. The summed E-state index contributed by atoms with van der Waals surface area (Å²) in [6.45, 7) is 1.61. The number of anilines is 1. The van der Waals surface area contributed by atoms with Crippen LogP contribution in [0.4, 0.5) is 5.82 Å². The van der Waals surface area contributed by atoms with Crippen molar-refractivity contribution in [2.24, 2.45) is 5.73 Å². The summed E-state index contributed by atoms with van der Waals surface area (Å²) in [6, 6.07) is 6.36. The molecule has 0 bridgehead atoms. The molecule has 98 valence electrons. The van der Waals surface area contributed by atoms with Crippen molar-refractivity contribution in [3.8, 4) is 0 Å². The fourth-order valence-electron chi connectivity index (χ4n) is 1.75. The highest BCUT2D eigenvalue weighted by molar-refractivity contribution is 6.06. The highest BCUT2D eigenvalue weighted by Crippen LogP contribution is 2.24. The van der Waals surface area contributed by atoms with Crippen molar-refractivity contribution < 1.29 is 14.7 Å². The van der Waals surface area contributed by atoms with E-state index < -0.39 is 17.9 Å². The molecule has 0 aliphatic heterocycles. The average molecular weight is 259 g/mol. The van der Waals surface area contributed by atoms with E-state index in [9.17, 15) is 9.59 Å². The number of carbonyl (C=O) groups is 2. The predicted molar refractivity (Wildman–Crippen MR) is 71.0 cm³/mol. The molecule has 0 aliphatic rings. The Kier molecular flexibility index (Phi) is 3.33. The summed E-state index contributed by atoms with van der Waals surface area (Å²) < 4.78 is 0. The van der Waals surface area contributed by atoms with Crippen molar-refractivity contribution in [3.05, 3.63) is 36.0 Å². The zero-order valence-corrected chi connectivity index (χ0v) is 10.3. The van der Waals surface area contributed by atoms with E-state index in [4.69, 9.17) is 10.8 Å². The van der Waals surface area contributed by atoms with E-state index in [1.165, 1.54) is 6.20 Å². The number of carbonyl (C=O) groups excluding carboxylic acids is 1. The minimum absolute atomic E-state index is 0.118. The normalized spacial score (nSPS) is 12.1. The molecule has 19 heavy (non-hydrogen) atoms. The number of pyridine rings is 1. The molecule has 0 fully saturated rings. The molecule has 6 heteroatoms. The molecule has 6 nitrogen and oxygen atoms in total. The van der Waals surface area contributed by atoms with Crippen LogP contribution in [0.2, 0.25) is 0 Å². The first-order valence-electron chi connectivity index (χ1n) is 5.67. The van der Waals surface area contributed by atoms with Gasteiger partial charge in [-0.25, -0.2) is 9.78 Å². The van der Waals surface area contributed by atoms with Gasteiger partial charge in [-0.1, -0.05) is 24.3 Å². The van der Waals surface area contributed by atoms with Gasteiger partial charge in [0.25, 0.3) is 0 Å². The molecule has 1 heterocycles. The Morgan fingerprint density at radius 3 is 2.53 bits per heavy atom. The van der Waals surface area contributed by atoms with Gasteiger partial charge in [0.2, 0.25) is 5.91 Å². The monoisotopic (exact) mass is 259 g/mol.